The summed E-state index contributed by atoms with van der Waals surface area (Å²) in [4.78, 5) is 6.51. The molecule has 9 nitrogen and oxygen atoms in total. The minimum Gasteiger partial charge on any atom is -0.495 e. The zero-order valence-corrected chi connectivity index (χ0v) is 17.0. The Morgan fingerprint density at radius 3 is 2.77 bits per heavy atom. The SMILES string of the molecule is COc1c(C#N)cccc1[C@@H](N)Nc1nnc(C)c2cnc(N3CC(C)(O)C3)cc12. The highest BCUT2D eigenvalue weighted by atomic mass is 16.5. The smallest absolute Gasteiger partial charge is 0.158 e. The largest absolute Gasteiger partial charge is 0.495 e. The van der Waals surface area contributed by atoms with Crippen molar-refractivity contribution in [1.82, 2.24) is 15.2 Å². The van der Waals surface area contributed by atoms with Gasteiger partial charge < -0.3 is 25.8 Å². The van der Waals surface area contributed by atoms with Crippen LogP contribution in [0.1, 0.15) is 29.9 Å². The summed E-state index contributed by atoms with van der Waals surface area (Å²) in [6, 6.07) is 9.27. The summed E-state index contributed by atoms with van der Waals surface area (Å²) in [5.41, 5.74) is 7.50. The van der Waals surface area contributed by atoms with E-state index in [2.05, 4.69) is 26.6 Å². The molecule has 0 radical (unpaired) electrons. The average molecular weight is 405 g/mol. The number of nitriles is 1. The number of aryl methyl sites for hydroxylation is 1. The molecular weight excluding hydrogens is 382 g/mol. The van der Waals surface area contributed by atoms with Crippen LogP contribution in [0, 0.1) is 18.3 Å². The topological polar surface area (TPSA) is 133 Å². The van der Waals surface area contributed by atoms with Gasteiger partial charge in [0.25, 0.3) is 0 Å². The first-order valence-electron chi connectivity index (χ1n) is 9.52. The van der Waals surface area contributed by atoms with Crippen molar-refractivity contribution in [3.63, 3.8) is 0 Å². The van der Waals surface area contributed by atoms with Crippen molar-refractivity contribution < 1.29 is 9.84 Å². The van der Waals surface area contributed by atoms with Crippen LogP contribution in [0.4, 0.5) is 11.6 Å². The van der Waals surface area contributed by atoms with Crippen LogP contribution in [-0.4, -0.2) is 46.1 Å². The van der Waals surface area contributed by atoms with Gasteiger partial charge in [0, 0.05) is 35.6 Å². The second kappa shape index (κ2) is 7.40. The Labute approximate surface area is 174 Å². The molecule has 4 rings (SSSR count). The third-order valence-corrected chi connectivity index (χ3v) is 5.22. The first-order chi connectivity index (χ1) is 14.3. The lowest BCUT2D eigenvalue weighted by Gasteiger charge is -2.45. The van der Waals surface area contributed by atoms with E-state index in [1.54, 1.807) is 31.3 Å². The molecule has 1 aliphatic heterocycles. The second-order valence-electron chi connectivity index (χ2n) is 7.74. The maximum absolute atomic E-state index is 10.0. The fourth-order valence-electron chi connectivity index (χ4n) is 3.72. The highest BCUT2D eigenvalue weighted by Gasteiger charge is 2.37. The van der Waals surface area contributed by atoms with E-state index in [0.29, 0.717) is 35.8 Å². The number of anilines is 2. The van der Waals surface area contributed by atoms with Crippen LogP contribution in [-0.2, 0) is 0 Å². The number of methoxy groups -OCH3 is 1. The van der Waals surface area contributed by atoms with Crippen molar-refractivity contribution in [2.75, 3.05) is 30.4 Å². The number of hydrogen-bond donors (Lipinski definition) is 3. The second-order valence-corrected chi connectivity index (χ2v) is 7.74. The Balaban J connectivity index is 1.71. The molecule has 1 fully saturated rings. The summed E-state index contributed by atoms with van der Waals surface area (Å²) >= 11 is 0. The van der Waals surface area contributed by atoms with Crippen LogP contribution in [0.5, 0.6) is 5.75 Å². The Morgan fingerprint density at radius 1 is 1.33 bits per heavy atom. The van der Waals surface area contributed by atoms with E-state index >= 15 is 0 Å². The first-order valence-corrected chi connectivity index (χ1v) is 9.52. The number of aromatic nitrogens is 3. The fraction of sp³-hybridized carbons (Fsp3) is 0.333. The number of β-amino-alcohol motifs (C(OH)–C–C–N with tert-alkyl or cyclic N) is 1. The third kappa shape index (κ3) is 3.47. The Kier molecular flexibility index (Phi) is 4.89. The van der Waals surface area contributed by atoms with Gasteiger partial charge in [-0.2, -0.15) is 10.4 Å². The van der Waals surface area contributed by atoms with E-state index in [1.807, 2.05) is 17.9 Å². The summed E-state index contributed by atoms with van der Waals surface area (Å²) in [5, 5.41) is 32.7. The highest BCUT2D eigenvalue weighted by molar-refractivity contribution is 5.94. The van der Waals surface area contributed by atoms with Gasteiger partial charge in [-0.25, -0.2) is 4.98 Å². The van der Waals surface area contributed by atoms with Crippen molar-refractivity contribution in [1.29, 1.82) is 5.26 Å². The fourth-order valence-corrected chi connectivity index (χ4v) is 3.72. The highest BCUT2D eigenvalue weighted by Crippen LogP contribution is 2.33. The molecule has 3 aromatic rings. The quantitative estimate of drug-likeness (QED) is 0.544. The molecule has 0 spiro atoms. The van der Waals surface area contributed by atoms with Crippen LogP contribution in [0.15, 0.2) is 30.5 Å². The number of nitrogens with two attached hydrogens (primary N) is 1. The summed E-state index contributed by atoms with van der Waals surface area (Å²) in [6.07, 6.45) is 1.09. The summed E-state index contributed by atoms with van der Waals surface area (Å²) in [7, 11) is 1.51. The van der Waals surface area contributed by atoms with Gasteiger partial charge in [0.2, 0.25) is 0 Å². The lowest BCUT2D eigenvalue weighted by Crippen LogP contribution is -2.60. The lowest BCUT2D eigenvalue weighted by atomic mass is 9.97. The van der Waals surface area contributed by atoms with Gasteiger partial charge in [-0.3, -0.25) is 0 Å². The minimum absolute atomic E-state index is 0.406. The van der Waals surface area contributed by atoms with E-state index in [1.165, 1.54) is 7.11 Å². The zero-order valence-electron chi connectivity index (χ0n) is 17.0. The van der Waals surface area contributed by atoms with Crippen molar-refractivity contribution in [2.24, 2.45) is 5.73 Å². The Morgan fingerprint density at radius 2 is 2.10 bits per heavy atom. The molecule has 9 heteroatoms. The van der Waals surface area contributed by atoms with Gasteiger partial charge in [-0.1, -0.05) is 12.1 Å². The molecule has 154 valence electrons. The predicted octanol–water partition coefficient (Wildman–Crippen LogP) is 1.85. The molecule has 2 aromatic heterocycles. The molecule has 1 atom stereocenters. The molecule has 30 heavy (non-hydrogen) atoms. The maximum atomic E-state index is 10.0. The van der Waals surface area contributed by atoms with Crippen molar-refractivity contribution in [3.05, 3.63) is 47.3 Å². The van der Waals surface area contributed by atoms with E-state index in [-0.39, 0.29) is 0 Å². The van der Waals surface area contributed by atoms with Crippen LogP contribution >= 0.6 is 0 Å². The number of rotatable bonds is 5. The Bertz CT molecular complexity index is 1150. The van der Waals surface area contributed by atoms with E-state index < -0.39 is 11.8 Å². The van der Waals surface area contributed by atoms with Gasteiger partial charge in [-0.15, -0.1) is 5.10 Å². The first kappa shape index (κ1) is 19.8. The van der Waals surface area contributed by atoms with Crippen molar-refractivity contribution in [2.45, 2.75) is 25.6 Å². The van der Waals surface area contributed by atoms with Crippen LogP contribution < -0.4 is 20.7 Å². The molecule has 0 unspecified atom stereocenters. The average Bonchev–Trinajstić information content (AvgIpc) is 2.72. The molecule has 3 heterocycles. The number of benzene rings is 1. The number of pyridine rings is 1. The number of nitrogens with one attached hydrogen (secondary N) is 1. The molecule has 0 bridgehead atoms. The number of para-hydroxylation sites is 1. The van der Waals surface area contributed by atoms with Gasteiger partial charge >= 0.3 is 0 Å². The molecule has 0 amide bonds. The normalized spacial score (nSPS) is 15.9. The number of aliphatic hydroxyl groups is 1. The van der Waals surface area contributed by atoms with Gasteiger partial charge in [0.05, 0.1) is 24.0 Å². The Hall–Kier alpha value is -3.48. The number of hydrogen-bond acceptors (Lipinski definition) is 9. The van der Waals surface area contributed by atoms with Crippen molar-refractivity contribution in [3.8, 4) is 11.8 Å². The standard InChI is InChI=1S/C21H23N7O2/c1-12-16-9-24-17(28-10-21(2,29)11-28)7-15(16)20(27-26-12)25-19(23)14-6-4-5-13(8-22)18(14)30-3/h4-7,9,19,29H,10-11,23H2,1-3H3,(H,25,27)/t19-/m0/s1. The van der Waals surface area contributed by atoms with Crippen LogP contribution in [0.2, 0.25) is 0 Å². The monoisotopic (exact) mass is 405 g/mol. The zero-order chi connectivity index (χ0) is 21.5. The van der Waals surface area contributed by atoms with Crippen LogP contribution in [0.25, 0.3) is 10.8 Å². The minimum atomic E-state index is -0.700. The number of fused-ring (bicyclic) bond motifs is 1. The summed E-state index contributed by atoms with van der Waals surface area (Å²) in [5.74, 6) is 1.68. The van der Waals surface area contributed by atoms with E-state index in [4.69, 9.17) is 10.5 Å². The van der Waals surface area contributed by atoms with E-state index in [0.717, 1.165) is 22.3 Å². The number of ether oxygens (including phenoxy) is 1. The summed E-state index contributed by atoms with van der Waals surface area (Å²) in [6.45, 7) is 4.70. The maximum Gasteiger partial charge on any atom is 0.158 e. The molecule has 0 aliphatic carbocycles. The van der Waals surface area contributed by atoms with Gasteiger partial charge in [0.15, 0.2) is 5.82 Å². The number of nitrogens with zero attached hydrogens (tertiary/aromatic N) is 5. The molecular formula is C21H23N7O2. The van der Waals surface area contributed by atoms with Crippen LogP contribution in [0.3, 0.4) is 0 Å². The predicted molar refractivity (Wildman–Crippen MR) is 113 cm³/mol. The molecule has 0 saturated carbocycles. The van der Waals surface area contributed by atoms with Gasteiger partial charge in [-0.05, 0) is 26.0 Å². The molecule has 1 saturated heterocycles. The third-order valence-electron chi connectivity index (χ3n) is 5.22. The molecule has 1 aromatic carbocycles. The van der Waals surface area contributed by atoms with E-state index in [9.17, 15) is 10.4 Å². The lowest BCUT2D eigenvalue weighted by molar-refractivity contribution is 0.0305. The summed E-state index contributed by atoms with van der Waals surface area (Å²) < 4.78 is 5.41. The molecule has 1 aliphatic rings. The van der Waals surface area contributed by atoms with Crippen molar-refractivity contribution >= 4 is 22.4 Å². The van der Waals surface area contributed by atoms with Gasteiger partial charge in [0.1, 0.15) is 23.8 Å². The molecule has 4 N–H and O–H groups in total.